The minimum Gasteiger partial charge on any atom is -0.457 e. The molecule has 2 fully saturated rings. The van der Waals surface area contributed by atoms with E-state index in [2.05, 4.69) is 30.0 Å². The predicted molar refractivity (Wildman–Crippen MR) is 307 cm³/mol. The number of benzene rings is 4. The Balaban J connectivity index is 1.31. The lowest BCUT2D eigenvalue weighted by Gasteiger charge is -2.37. The Morgan fingerprint density at radius 3 is 2.15 bits per heavy atom. The van der Waals surface area contributed by atoms with Crippen LogP contribution in [-0.2, 0) is 66.4 Å². The minimum atomic E-state index is -1.22. The van der Waals surface area contributed by atoms with Crippen molar-refractivity contribution in [2.24, 2.45) is 13.0 Å². The second kappa shape index (κ2) is 28.7. The number of nitrogens with one attached hydrogen (secondary N) is 2. The number of carbonyl (C=O) groups is 5. The van der Waals surface area contributed by atoms with Gasteiger partial charge in [-0.3, -0.25) is 28.9 Å². The monoisotopic (exact) mass is 1120 g/mol. The molecule has 0 bridgehead atoms. The Labute approximate surface area is 475 Å². The number of imidazole rings is 1. The molecular formula is C60H77Cl2N9O8. The van der Waals surface area contributed by atoms with Gasteiger partial charge >= 0.3 is 0 Å². The van der Waals surface area contributed by atoms with Crippen molar-refractivity contribution < 1.29 is 38.2 Å². The standard InChI is InChI=1S/C60H77Cl2N9O8/c1-40-41(2)67(5)59(75)46(31-42-13-10-9-11-14-42)33-57(73)71(37-45-18-23-48(62)34-54(45)79-50-24-19-44(20-25-50)53-36-63-55(69(53)7)38-66(3)4)52(15-12-26-70-27-29-78-30-28-70)58(74)65-51(39-77-8)60(76)68(6)49(35-56(72)64-40)32-43-16-21-47(61)22-17-43/h9-11,13-14,16-25,34,36,40-41,46,49,51-52H,12,15,26-33,35,37-39H2,1-8H3,(H,64,72)(H,65,74)/t40-,41-,46+,49-,51-,52-/m0/s1. The van der Waals surface area contributed by atoms with Gasteiger partial charge in [-0.15, -0.1) is 0 Å². The van der Waals surface area contributed by atoms with Gasteiger partial charge in [0.25, 0.3) is 0 Å². The number of carbonyl (C=O) groups excluding carboxylic acids is 5. The van der Waals surface area contributed by atoms with Crippen LogP contribution in [0.2, 0.25) is 10.0 Å². The van der Waals surface area contributed by atoms with Crippen LogP contribution in [-0.4, -0.2) is 169 Å². The minimum absolute atomic E-state index is 0.0891. The molecule has 2 saturated heterocycles. The van der Waals surface area contributed by atoms with Gasteiger partial charge in [-0.2, -0.15) is 0 Å². The summed E-state index contributed by atoms with van der Waals surface area (Å²) in [5.41, 5.74) is 4.10. The summed E-state index contributed by atoms with van der Waals surface area (Å²) < 4.78 is 20.0. The van der Waals surface area contributed by atoms with Crippen LogP contribution in [0.5, 0.6) is 11.5 Å². The number of hydrogen-bond donors (Lipinski definition) is 2. The smallest absolute Gasteiger partial charge is 0.247 e. The molecule has 4 aromatic carbocycles. The van der Waals surface area contributed by atoms with E-state index in [9.17, 15) is 9.59 Å². The average molecular weight is 1120 g/mol. The molecule has 5 aromatic rings. The molecule has 3 heterocycles. The van der Waals surface area contributed by atoms with Crippen LogP contribution in [0.3, 0.4) is 0 Å². The number of nitrogens with zero attached hydrogens (tertiary/aromatic N) is 7. The fraction of sp³-hybridized carbons (Fsp3) is 0.467. The van der Waals surface area contributed by atoms with Gasteiger partial charge in [0, 0.05) is 93.5 Å². The Morgan fingerprint density at radius 1 is 0.785 bits per heavy atom. The maximum Gasteiger partial charge on any atom is 0.247 e. The third kappa shape index (κ3) is 16.6. The molecule has 17 nitrogen and oxygen atoms in total. The van der Waals surface area contributed by atoms with Crippen LogP contribution in [0.15, 0.2) is 103 Å². The molecule has 0 aliphatic carbocycles. The van der Waals surface area contributed by atoms with Gasteiger partial charge in [0.2, 0.25) is 29.5 Å². The summed E-state index contributed by atoms with van der Waals surface area (Å²) in [7, 11) is 10.7. The van der Waals surface area contributed by atoms with Crippen molar-refractivity contribution in [2.75, 3.05) is 74.8 Å². The summed E-state index contributed by atoms with van der Waals surface area (Å²) in [4.78, 5) is 88.9. The zero-order valence-electron chi connectivity index (χ0n) is 46.8. The predicted octanol–water partition coefficient (Wildman–Crippen LogP) is 7.26. The van der Waals surface area contributed by atoms with E-state index >= 15 is 14.4 Å². The van der Waals surface area contributed by atoms with Gasteiger partial charge in [0.15, 0.2) is 0 Å². The fourth-order valence-electron chi connectivity index (χ4n) is 10.3. The summed E-state index contributed by atoms with van der Waals surface area (Å²) in [6, 6.07) is 25.4. The quantitative estimate of drug-likeness (QED) is 0.0961. The van der Waals surface area contributed by atoms with Gasteiger partial charge < -0.3 is 49.0 Å². The van der Waals surface area contributed by atoms with Crippen LogP contribution >= 0.6 is 23.2 Å². The van der Waals surface area contributed by atoms with Crippen LogP contribution in [0.25, 0.3) is 11.3 Å². The van der Waals surface area contributed by atoms with Crippen molar-refractivity contribution in [3.8, 4) is 22.8 Å². The van der Waals surface area contributed by atoms with Crippen LogP contribution in [0, 0.1) is 5.92 Å². The molecule has 0 unspecified atom stereocenters. The van der Waals surface area contributed by atoms with Crippen molar-refractivity contribution >= 4 is 52.7 Å². The SMILES string of the molecule is COC[C@@H]1NC(=O)[C@H](CCCN2CCOCC2)N(Cc2ccc(Cl)cc2Oc2ccc(-c3cnc(CN(C)C)n3C)cc2)C(=O)C[C@@H](Cc2ccccc2)C(=O)N(C)[C@@H](C)[C@H](C)NC(=O)C[C@H](Cc2ccc(Cl)cc2)N(C)C1=O. The molecule has 5 amide bonds. The topological polar surface area (TPSA) is 171 Å². The Hall–Kier alpha value is -6.34. The molecule has 0 radical (unpaired) electrons. The van der Waals surface area contributed by atoms with Crippen molar-refractivity contribution in [3.05, 3.63) is 136 Å². The van der Waals surface area contributed by atoms with Crippen molar-refractivity contribution in [2.45, 2.75) is 95.7 Å². The molecular weight excluding hydrogens is 1050 g/mol. The van der Waals surface area contributed by atoms with E-state index in [0.717, 1.165) is 28.2 Å². The number of aromatic nitrogens is 2. The van der Waals surface area contributed by atoms with Gasteiger partial charge in [0.1, 0.15) is 29.4 Å². The highest BCUT2D eigenvalue weighted by Crippen LogP contribution is 2.33. The zero-order valence-corrected chi connectivity index (χ0v) is 48.3. The van der Waals surface area contributed by atoms with Crippen molar-refractivity contribution in [1.29, 1.82) is 0 Å². The molecule has 0 saturated carbocycles. The van der Waals surface area contributed by atoms with Crippen LogP contribution in [0.4, 0.5) is 0 Å². The molecule has 19 heteroatoms. The lowest BCUT2D eigenvalue weighted by atomic mass is 9.92. The lowest BCUT2D eigenvalue weighted by molar-refractivity contribution is -0.147. The first-order valence-electron chi connectivity index (χ1n) is 27.1. The summed E-state index contributed by atoms with van der Waals surface area (Å²) >= 11 is 13.0. The molecule has 2 N–H and O–H groups in total. The van der Waals surface area contributed by atoms with Crippen LogP contribution in [0.1, 0.15) is 62.0 Å². The van der Waals surface area contributed by atoms with E-state index in [4.69, 9.17) is 37.4 Å². The molecule has 2 aliphatic heterocycles. The fourth-order valence-corrected chi connectivity index (χ4v) is 10.5. The molecule has 0 spiro atoms. The number of morpholine rings is 1. The van der Waals surface area contributed by atoms with Crippen molar-refractivity contribution in [3.63, 3.8) is 0 Å². The number of ether oxygens (including phenoxy) is 3. The summed E-state index contributed by atoms with van der Waals surface area (Å²) in [5, 5.41) is 7.04. The van der Waals surface area contributed by atoms with Gasteiger partial charge in [-0.25, -0.2) is 4.98 Å². The molecule has 79 heavy (non-hydrogen) atoms. The first-order valence-corrected chi connectivity index (χ1v) is 27.9. The number of amides is 5. The van der Waals surface area contributed by atoms with E-state index in [-0.39, 0.29) is 57.1 Å². The Kier molecular flexibility index (Phi) is 21.9. The number of halogens is 2. The lowest BCUT2D eigenvalue weighted by Crippen LogP contribution is -2.58. The highest BCUT2D eigenvalue weighted by molar-refractivity contribution is 6.31. The number of likely N-dealkylation sites (N-methyl/N-ethyl adjacent to an activating group) is 2. The Morgan fingerprint density at radius 2 is 1.47 bits per heavy atom. The second-order valence-corrected chi connectivity index (χ2v) is 22.0. The van der Waals surface area contributed by atoms with Gasteiger partial charge in [-0.1, -0.05) is 71.7 Å². The number of methoxy groups -OCH3 is 1. The highest BCUT2D eigenvalue weighted by Gasteiger charge is 2.39. The first kappa shape index (κ1) is 60.3. The molecule has 424 valence electrons. The highest BCUT2D eigenvalue weighted by atomic mass is 35.5. The van der Waals surface area contributed by atoms with Crippen molar-refractivity contribution in [1.82, 2.24) is 44.7 Å². The van der Waals surface area contributed by atoms with E-state index in [0.29, 0.717) is 72.9 Å². The van der Waals surface area contributed by atoms with Crippen LogP contribution < -0.4 is 15.4 Å². The molecule has 6 atom stereocenters. The summed E-state index contributed by atoms with van der Waals surface area (Å²) in [5.74, 6) is -1.28. The largest absolute Gasteiger partial charge is 0.457 e. The summed E-state index contributed by atoms with van der Waals surface area (Å²) in [6.07, 6.45) is 2.68. The zero-order chi connectivity index (χ0) is 56.8. The van der Waals surface area contributed by atoms with E-state index in [1.807, 2.05) is 108 Å². The third-order valence-electron chi connectivity index (χ3n) is 15.2. The molecule has 2 aliphatic rings. The van der Waals surface area contributed by atoms with E-state index in [1.165, 1.54) is 16.9 Å². The number of rotatable bonds is 17. The normalized spacial score (nSPS) is 21.7. The average Bonchev–Trinajstić information content (AvgIpc) is 3.79. The third-order valence-corrected chi connectivity index (χ3v) is 15.6. The molecule has 7 rings (SSSR count). The summed E-state index contributed by atoms with van der Waals surface area (Å²) in [6.45, 7) is 7.24. The first-order chi connectivity index (χ1) is 37.9. The van der Waals surface area contributed by atoms with Gasteiger partial charge in [0.05, 0.1) is 50.7 Å². The Bertz CT molecular complexity index is 2830. The maximum absolute atomic E-state index is 15.7. The van der Waals surface area contributed by atoms with E-state index < -0.39 is 53.8 Å². The van der Waals surface area contributed by atoms with E-state index in [1.54, 1.807) is 49.3 Å². The second-order valence-electron chi connectivity index (χ2n) is 21.2. The maximum atomic E-state index is 15.7. The number of hydrogen-bond acceptors (Lipinski definition) is 11. The molecule has 1 aromatic heterocycles. The van der Waals surface area contributed by atoms with Gasteiger partial charge in [-0.05, 0) is 120 Å².